The summed E-state index contributed by atoms with van der Waals surface area (Å²) in [4.78, 5) is 4.10. The Kier molecular flexibility index (Phi) is 2.28. The maximum absolute atomic E-state index is 5.56. The summed E-state index contributed by atoms with van der Waals surface area (Å²) in [6.07, 6.45) is 2.02. The second-order valence-corrected chi connectivity index (χ2v) is 3.54. The van der Waals surface area contributed by atoms with Gasteiger partial charge in [-0.25, -0.2) is 4.98 Å². The molecule has 2 rings (SSSR count). The molecular formula is C8H9BrN2O. The first-order valence-electron chi connectivity index (χ1n) is 3.84. The van der Waals surface area contributed by atoms with Crippen LogP contribution in [0.5, 0.6) is 5.88 Å². The molecule has 0 bridgehead atoms. The third-order valence-electron chi connectivity index (χ3n) is 1.75. The van der Waals surface area contributed by atoms with Crippen LogP contribution in [0.2, 0.25) is 0 Å². The summed E-state index contributed by atoms with van der Waals surface area (Å²) in [5, 5.41) is 3.13. The molecule has 4 heteroatoms. The number of hydrogen-bond acceptors (Lipinski definition) is 3. The highest BCUT2D eigenvalue weighted by molar-refractivity contribution is 9.10. The van der Waals surface area contributed by atoms with Crippen LogP contribution in [0.15, 0.2) is 22.8 Å². The molecule has 0 aliphatic carbocycles. The van der Waals surface area contributed by atoms with E-state index in [4.69, 9.17) is 4.74 Å². The molecule has 2 heterocycles. The van der Waals surface area contributed by atoms with Crippen molar-refractivity contribution in [3.8, 4) is 5.88 Å². The fourth-order valence-corrected chi connectivity index (χ4v) is 1.31. The SMILES string of the molecule is Brc1cccnc1OC1CNC1. The third kappa shape index (κ3) is 1.59. The van der Waals surface area contributed by atoms with E-state index >= 15 is 0 Å². The molecule has 64 valence electrons. The maximum atomic E-state index is 5.56. The van der Waals surface area contributed by atoms with Crippen LogP contribution in [0, 0.1) is 0 Å². The van der Waals surface area contributed by atoms with Gasteiger partial charge in [-0.3, -0.25) is 0 Å². The van der Waals surface area contributed by atoms with Gasteiger partial charge in [0.25, 0.3) is 0 Å². The summed E-state index contributed by atoms with van der Waals surface area (Å²) in [7, 11) is 0. The highest BCUT2D eigenvalue weighted by atomic mass is 79.9. The highest BCUT2D eigenvalue weighted by Crippen LogP contribution is 2.22. The summed E-state index contributed by atoms with van der Waals surface area (Å²) < 4.78 is 6.47. The van der Waals surface area contributed by atoms with Gasteiger partial charge in [-0.1, -0.05) is 0 Å². The molecule has 12 heavy (non-hydrogen) atoms. The van der Waals surface area contributed by atoms with Crippen LogP contribution < -0.4 is 10.1 Å². The van der Waals surface area contributed by atoms with Gasteiger partial charge in [-0.05, 0) is 28.1 Å². The fraction of sp³-hybridized carbons (Fsp3) is 0.375. The van der Waals surface area contributed by atoms with Gasteiger partial charge in [0.05, 0.1) is 4.47 Å². The molecule has 0 aromatic carbocycles. The minimum absolute atomic E-state index is 0.288. The lowest BCUT2D eigenvalue weighted by atomic mass is 10.2. The number of nitrogens with one attached hydrogen (secondary N) is 1. The van der Waals surface area contributed by atoms with Crippen molar-refractivity contribution < 1.29 is 4.74 Å². The number of halogens is 1. The minimum Gasteiger partial charge on any atom is -0.471 e. The van der Waals surface area contributed by atoms with Gasteiger partial charge >= 0.3 is 0 Å². The zero-order chi connectivity index (χ0) is 8.39. The lowest BCUT2D eigenvalue weighted by molar-refractivity contribution is 0.135. The second-order valence-electron chi connectivity index (χ2n) is 2.69. The van der Waals surface area contributed by atoms with Crippen LogP contribution in [0.4, 0.5) is 0 Å². The van der Waals surface area contributed by atoms with Crippen LogP contribution in [-0.2, 0) is 0 Å². The van der Waals surface area contributed by atoms with E-state index in [9.17, 15) is 0 Å². The zero-order valence-electron chi connectivity index (χ0n) is 6.46. The number of hydrogen-bond donors (Lipinski definition) is 1. The van der Waals surface area contributed by atoms with Gasteiger partial charge in [0.2, 0.25) is 5.88 Å². The molecule has 1 fully saturated rings. The van der Waals surface area contributed by atoms with Crippen molar-refractivity contribution in [3.63, 3.8) is 0 Å². The topological polar surface area (TPSA) is 34.1 Å². The first kappa shape index (κ1) is 8.01. The average molecular weight is 229 g/mol. The number of ether oxygens (including phenoxy) is 1. The van der Waals surface area contributed by atoms with Crippen LogP contribution in [0.25, 0.3) is 0 Å². The second kappa shape index (κ2) is 3.41. The quantitative estimate of drug-likeness (QED) is 0.827. The molecule has 1 saturated heterocycles. The van der Waals surface area contributed by atoms with Crippen LogP contribution in [0.3, 0.4) is 0 Å². The van der Waals surface area contributed by atoms with Crippen molar-refractivity contribution in [1.29, 1.82) is 0 Å². The first-order chi connectivity index (χ1) is 5.86. The van der Waals surface area contributed by atoms with Gasteiger partial charge < -0.3 is 10.1 Å². The minimum atomic E-state index is 0.288. The lowest BCUT2D eigenvalue weighted by Gasteiger charge is -2.27. The van der Waals surface area contributed by atoms with Crippen molar-refractivity contribution in [2.75, 3.05) is 13.1 Å². The van der Waals surface area contributed by atoms with E-state index in [-0.39, 0.29) is 6.10 Å². The summed E-state index contributed by atoms with van der Waals surface area (Å²) in [6, 6.07) is 3.80. The molecule has 0 spiro atoms. The molecule has 0 radical (unpaired) electrons. The molecule has 0 atom stereocenters. The zero-order valence-corrected chi connectivity index (χ0v) is 8.04. The standard InChI is InChI=1S/C8H9BrN2O/c9-7-2-1-3-11-8(7)12-6-4-10-5-6/h1-3,6,10H,4-5H2. The Morgan fingerprint density at radius 1 is 1.58 bits per heavy atom. The molecular weight excluding hydrogens is 220 g/mol. The Bertz CT molecular complexity index is 276. The number of rotatable bonds is 2. The summed E-state index contributed by atoms with van der Waals surface area (Å²) in [6.45, 7) is 1.84. The van der Waals surface area contributed by atoms with E-state index in [2.05, 4.69) is 26.2 Å². The van der Waals surface area contributed by atoms with Crippen LogP contribution in [-0.4, -0.2) is 24.2 Å². The molecule has 1 aromatic heterocycles. The maximum Gasteiger partial charge on any atom is 0.228 e. The predicted octanol–water partition coefficient (Wildman–Crippen LogP) is 1.19. The summed E-state index contributed by atoms with van der Waals surface area (Å²) in [5.41, 5.74) is 0. The van der Waals surface area contributed by atoms with E-state index < -0.39 is 0 Å². The van der Waals surface area contributed by atoms with Crippen molar-refractivity contribution >= 4 is 15.9 Å². The number of aromatic nitrogens is 1. The molecule has 0 amide bonds. The third-order valence-corrected chi connectivity index (χ3v) is 2.35. The van der Waals surface area contributed by atoms with Crippen molar-refractivity contribution in [2.24, 2.45) is 0 Å². The number of nitrogens with zero attached hydrogens (tertiary/aromatic N) is 1. The smallest absolute Gasteiger partial charge is 0.228 e. The largest absolute Gasteiger partial charge is 0.471 e. The molecule has 1 aromatic rings. The van der Waals surface area contributed by atoms with E-state index in [0.717, 1.165) is 17.6 Å². The Morgan fingerprint density at radius 2 is 2.42 bits per heavy atom. The summed E-state index contributed by atoms with van der Waals surface area (Å²) in [5.74, 6) is 0.684. The number of pyridine rings is 1. The lowest BCUT2D eigenvalue weighted by Crippen LogP contribution is -2.50. The normalized spacial score (nSPS) is 17.1. The molecule has 0 unspecified atom stereocenters. The Hall–Kier alpha value is -0.610. The summed E-state index contributed by atoms with van der Waals surface area (Å²) >= 11 is 3.37. The predicted molar refractivity (Wildman–Crippen MR) is 49.2 cm³/mol. The van der Waals surface area contributed by atoms with Crippen molar-refractivity contribution in [1.82, 2.24) is 10.3 Å². The Labute approximate surface area is 79.3 Å². The van der Waals surface area contributed by atoms with Crippen molar-refractivity contribution in [3.05, 3.63) is 22.8 Å². The van der Waals surface area contributed by atoms with Gasteiger partial charge in [0.15, 0.2) is 0 Å². The monoisotopic (exact) mass is 228 g/mol. The molecule has 0 saturated carbocycles. The van der Waals surface area contributed by atoms with Gasteiger partial charge in [0, 0.05) is 19.3 Å². The van der Waals surface area contributed by atoms with Crippen molar-refractivity contribution in [2.45, 2.75) is 6.10 Å². The van der Waals surface area contributed by atoms with E-state index in [0.29, 0.717) is 5.88 Å². The van der Waals surface area contributed by atoms with Gasteiger partial charge in [-0.2, -0.15) is 0 Å². The highest BCUT2D eigenvalue weighted by Gasteiger charge is 2.19. The average Bonchev–Trinajstić information content (AvgIpc) is 2.00. The Morgan fingerprint density at radius 3 is 3.00 bits per heavy atom. The first-order valence-corrected chi connectivity index (χ1v) is 4.63. The van der Waals surface area contributed by atoms with Gasteiger partial charge in [-0.15, -0.1) is 0 Å². The molecule has 1 aliphatic heterocycles. The molecule has 3 nitrogen and oxygen atoms in total. The van der Waals surface area contributed by atoms with E-state index in [1.807, 2.05) is 12.1 Å². The fourth-order valence-electron chi connectivity index (χ4n) is 0.961. The van der Waals surface area contributed by atoms with E-state index in [1.165, 1.54) is 0 Å². The molecule has 1 N–H and O–H groups in total. The van der Waals surface area contributed by atoms with Crippen LogP contribution >= 0.6 is 15.9 Å². The Balaban J connectivity index is 2.06. The molecule has 1 aliphatic rings. The van der Waals surface area contributed by atoms with E-state index in [1.54, 1.807) is 6.20 Å². The van der Waals surface area contributed by atoms with Crippen LogP contribution in [0.1, 0.15) is 0 Å². The van der Waals surface area contributed by atoms with Gasteiger partial charge in [0.1, 0.15) is 6.10 Å².